The molecule has 0 atom stereocenters. The molecule has 1 heterocycles. The van der Waals surface area contributed by atoms with Crippen LogP contribution < -0.4 is 4.90 Å². The van der Waals surface area contributed by atoms with Crippen LogP contribution in [0.3, 0.4) is 0 Å². The smallest absolute Gasteiger partial charge is 0.243 e. The van der Waals surface area contributed by atoms with E-state index in [-0.39, 0.29) is 0 Å². The van der Waals surface area contributed by atoms with Gasteiger partial charge in [-0.1, -0.05) is 35.3 Å². The van der Waals surface area contributed by atoms with Gasteiger partial charge in [-0.15, -0.1) is 0 Å². The SMILES string of the molecule is Cc1ccc(C)c(S(=O)(=O)N2CCN(c3cc(Cl)cc(Cl)c3)CC2)c1. The first-order valence-corrected chi connectivity index (χ1v) is 10.3. The fourth-order valence-electron chi connectivity index (χ4n) is 3.03. The third kappa shape index (κ3) is 3.95. The van der Waals surface area contributed by atoms with E-state index >= 15 is 0 Å². The average molecular weight is 399 g/mol. The van der Waals surface area contributed by atoms with Gasteiger partial charge in [-0.2, -0.15) is 4.31 Å². The van der Waals surface area contributed by atoms with Gasteiger partial charge in [0, 0.05) is 41.9 Å². The Morgan fingerprint density at radius 3 is 2.08 bits per heavy atom. The average Bonchev–Trinajstić information content (AvgIpc) is 2.56. The van der Waals surface area contributed by atoms with E-state index in [0.29, 0.717) is 41.1 Å². The van der Waals surface area contributed by atoms with E-state index in [2.05, 4.69) is 4.90 Å². The Bertz CT molecular complexity index is 872. The Morgan fingerprint density at radius 2 is 1.48 bits per heavy atom. The van der Waals surface area contributed by atoms with Crippen molar-refractivity contribution in [2.75, 3.05) is 31.1 Å². The van der Waals surface area contributed by atoms with E-state index < -0.39 is 10.0 Å². The second-order valence-corrected chi connectivity index (χ2v) is 9.07. The van der Waals surface area contributed by atoms with Crippen LogP contribution in [-0.2, 0) is 10.0 Å². The topological polar surface area (TPSA) is 40.6 Å². The van der Waals surface area contributed by atoms with Crippen molar-refractivity contribution in [3.05, 3.63) is 57.6 Å². The number of sulfonamides is 1. The molecule has 134 valence electrons. The molecule has 25 heavy (non-hydrogen) atoms. The lowest BCUT2D eigenvalue weighted by atomic mass is 10.2. The van der Waals surface area contributed by atoms with Crippen molar-refractivity contribution in [1.82, 2.24) is 4.31 Å². The van der Waals surface area contributed by atoms with Crippen molar-refractivity contribution >= 4 is 38.9 Å². The molecule has 0 saturated carbocycles. The van der Waals surface area contributed by atoms with Gasteiger partial charge in [0.2, 0.25) is 10.0 Å². The zero-order valence-corrected chi connectivity index (χ0v) is 16.5. The molecule has 4 nitrogen and oxygen atoms in total. The zero-order valence-electron chi connectivity index (χ0n) is 14.2. The predicted octanol–water partition coefficient (Wildman–Crippen LogP) is 4.12. The second-order valence-electron chi connectivity index (χ2n) is 6.29. The van der Waals surface area contributed by atoms with Crippen molar-refractivity contribution in [2.45, 2.75) is 18.7 Å². The molecule has 2 aromatic carbocycles. The summed E-state index contributed by atoms with van der Waals surface area (Å²) >= 11 is 12.1. The molecule has 1 fully saturated rings. The summed E-state index contributed by atoms with van der Waals surface area (Å²) in [4.78, 5) is 2.50. The van der Waals surface area contributed by atoms with Gasteiger partial charge in [-0.3, -0.25) is 0 Å². The van der Waals surface area contributed by atoms with E-state index in [1.807, 2.05) is 38.1 Å². The van der Waals surface area contributed by atoms with Crippen LogP contribution in [0.5, 0.6) is 0 Å². The summed E-state index contributed by atoms with van der Waals surface area (Å²) in [5, 5.41) is 1.15. The van der Waals surface area contributed by atoms with E-state index in [4.69, 9.17) is 23.2 Å². The van der Waals surface area contributed by atoms with Crippen LogP contribution >= 0.6 is 23.2 Å². The van der Waals surface area contributed by atoms with Gasteiger partial charge in [-0.25, -0.2) is 8.42 Å². The molecule has 3 rings (SSSR count). The standard InChI is InChI=1S/C18H20Cl2N2O2S/c1-13-3-4-14(2)18(9-13)25(23,24)22-7-5-21(6-8-22)17-11-15(19)10-16(20)12-17/h3-4,9-12H,5-8H2,1-2H3. The Labute approximate surface area is 159 Å². The van der Waals surface area contributed by atoms with Gasteiger partial charge in [0.15, 0.2) is 0 Å². The van der Waals surface area contributed by atoms with Crippen molar-refractivity contribution in [3.63, 3.8) is 0 Å². The van der Waals surface area contributed by atoms with E-state index in [1.165, 1.54) is 0 Å². The lowest BCUT2D eigenvalue weighted by molar-refractivity contribution is 0.384. The molecule has 0 radical (unpaired) electrons. The van der Waals surface area contributed by atoms with Crippen LogP contribution in [0.25, 0.3) is 0 Å². The molecular formula is C18H20Cl2N2O2S. The number of aryl methyl sites for hydroxylation is 2. The van der Waals surface area contributed by atoms with Crippen LogP contribution in [0.1, 0.15) is 11.1 Å². The van der Waals surface area contributed by atoms with Gasteiger partial charge >= 0.3 is 0 Å². The third-order valence-electron chi connectivity index (χ3n) is 4.41. The molecule has 0 aliphatic carbocycles. The van der Waals surface area contributed by atoms with E-state index in [0.717, 1.165) is 16.8 Å². The highest BCUT2D eigenvalue weighted by molar-refractivity contribution is 7.89. The van der Waals surface area contributed by atoms with Gasteiger partial charge in [-0.05, 0) is 49.2 Å². The van der Waals surface area contributed by atoms with Gasteiger partial charge in [0.1, 0.15) is 0 Å². The van der Waals surface area contributed by atoms with Crippen LogP contribution in [0.2, 0.25) is 10.0 Å². The summed E-state index contributed by atoms with van der Waals surface area (Å²) in [6.07, 6.45) is 0. The minimum absolute atomic E-state index is 0.395. The minimum Gasteiger partial charge on any atom is -0.369 e. The van der Waals surface area contributed by atoms with E-state index in [1.54, 1.807) is 16.4 Å². The number of halogens is 2. The number of hydrogen-bond acceptors (Lipinski definition) is 3. The molecule has 1 aliphatic heterocycles. The summed E-state index contributed by atoms with van der Waals surface area (Å²) in [6, 6.07) is 10.9. The van der Waals surface area contributed by atoms with Crippen molar-refractivity contribution in [3.8, 4) is 0 Å². The van der Waals surface area contributed by atoms with Crippen molar-refractivity contribution < 1.29 is 8.42 Å². The van der Waals surface area contributed by atoms with Gasteiger partial charge in [0.05, 0.1) is 4.90 Å². The predicted molar refractivity (Wildman–Crippen MR) is 103 cm³/mol. The monoisotopic (exact) mass is 398 g/mol. The van der Waals surface area contributed by atoms with Crippen molar-refractivity contribution in [1.29, 1.82) is 0 Å². The normalized spacial score (nSPS) is 16.2. The maximum absolute atomic E-state index is 13.0. The molecule has 0 bridgehead atoms. The third-order valence-corrected chi connectivity index (χ3v) is 6.89. The fourth-order valence-corrected chi connectivity index (χ4v) is 5.28. The van der Waals surface area contributed by atoms with Crippen LogP contribution in [0, 0.1) is 13.8 Å². The number of hydrogen-bond donors (Lipinski definition) is 0. The van der Waals surface area contributed by atoms with Crippen LogP contribution in [0.4, 0.5) is 5.69 Å². The molecule has 0 amide bonds. The molecule has 0 aromatic heterocycles. The van der Waals surface area contributed by atoms with E-state index in [9.17, 15) is 8.42 Å². The number of benzene rings is 2. The lowest BCUT2D eigenvalue weighted by Gasteiger charge is -2.35. The van der Waals surface area contributed by atoms with Gasteiger partial charge in [0.25, 0.3) is 0 Å². The highest BCUT2D eigenvalue weighted by atomic mass is 35.5. The Balaban J connectivity index is 1.78. The zero-order chi connectivity index (χ0) is 18.2. The Kier molecular flexibility index (Phi) is 5.30. The molecule has 0 N–H and O–H groups in total. The Morgan fingerprint density at radius 1 is 0.880 bits per heavy atom. The molecular weight excluding hydrogens is 379 g/mol. The molecule has 0 unspecified atom stereocenters. The highest BCUT2D eigenvalue weighted by Gasteiger charge is 2.29. The molecule has 1 aliphatic rings. The quantitative estimate of drug-likeness (QED) is 0.780. The van der Waals surface area contributed by atoms with Crippen LogP contribution in [0.15, 0.2) is 41.3 Å². The molecule has 2 aromatic rings. The fraction of sp³-hybridized carbons (Fsp3) is 0.333. The number of nitrogens with zero attached hydrogens (tertiary/aromatic N) is 2. The van der Waals surface area contributed by atoms with Crippen LogP contribution in [-0.4, -0.2) is 38.9 Å². The summed E-state index contributed by atoms with van der Waals surface area (Å²) < 4.78 is 27.5. The van der Waals surface area contributed by atoms with Gasteiger partial charge < -0.3 is 4.90 Å². The highest BCUT2D eigenvalue weighted by Crippen LogP contribution is 2.28. The van der Waals surface area contributed by atoms with Crippen molar-refractivity contribution in [2.24, 2.45) is 0 Å². The summed E-state index contributed by atoms with van der Waals surface area (Å²) in [7, 11) is -3.48. The number of anilines is 1. The first kappa shape index (κ1) is 18.5. The lowest BCUT2D eigenvalue weighted by Crippen LogP contribution is -2.48. The first-order chi connectivity index (χ1) is 11.8. The number of rotatable bonds is 3. The molecule has 1 saturated heterocycles. The molecule has 0 spiro atoms. The number of piperazine rings is 1. The maximum atomic E-state index is 13.0. The largest absolute Gasteiger partial charge is 0.369 e. The summed E-state index contributed by atoms with van der Waals surface area (Å²) in [6.45, 7) is 5.79. The summed E-state index contributed by atoms with van der Waals surface area (Å²) in [5.74, 6) is 0. The second kappa shape index (κ2) is 7.16. The first-order valence-electron chi connectivity index (χ1n) is 8.06. The Hall–Kier alpha value is -1.27. The summed E-state index contributed by atoms with van der Waals surface area (Å²) in [5.41, 5.74) is 2.63. The minimum atomic E-state index is -3.48. The maximum Gasteiger partial charge on any atom is 0.243 e. The molecule has 7 heteroatoms.